The van der Waals surface area contributed by atoms with Gasteiger partial charge < -0.3 is 16.4 Å². The molecular weight excluding hydrogens is 242 g/mol. The van der Waals surface area contributed by atoms with Crippen LogP contribution in [0.2, 0.25) is 0 Å². The molecule has 0 heterocycles. The van der Waals surface area contributed by atoms with Crippen LogP contribution in [0.5, 0.6) is 0 Å². The predicted octanol–water partition coefficient (Wildman–Crippen LogP) is 0.718. The Bertz CT molecular complexity index is 344. The average Bonchev–Trinajstić information content (AvgIpc) is 2.29. The Morgan fingerprint density at radius 1 is 1.21 bits per heavy atom. The number of primary amides is 1. The Morgan fingerprint density at radius 3 is 2.26 bits per heavy atom. The molecule has 0 spiro atoms. The van der Waals surface area contributed by atoms with Crippen LogP contribution in [0.25, 0.3) is 0 Å². The van der Waals surface area contributed by atoms with Gasteiger partial charge in [0.15, 0.2) is 0 Å². The highest BCUT2D eigenvalue weighted by molar-refractivity contribution is 5.85. The van der Waals surface area contributed by atoms with E-state index in [-0.39, 0.29) is 30.5 Å². The number of rotatable bonds is 4. The van der Waals surface area contributed by atoms with Gasteiger partial charge in [0, 0.05) is 18.0 Å². The lowest BCUT2D eigenvalue weighted by Crippen LogP contribution is -2.50. The number of nitrogens with zero attached hydrogens (tertiary/aromatic N) is 1. The predicted molar refractivity (Wildman–Crippen MR) is 75.1 cm³/mol. The smallest absolute Gasteiger partial charge is 0.237 e. The van der Waals surface area contributed by atoms with Crippen LogP contribution in [0.1, 0.15) is 40.5 Å². The normalized spacial score (nSPS) is 31.3. The van der Waals surface area contributed by atoms with Crippen LogP contribution in [-0.4, -0.2) is 35.3 Å². The molecular formula is C14H27N3O2. The summed E-state index contributed by atoms with van der Waals surface area (Å²) >= 11 is 0. The van der Waals surface area contributed by atoms with Gasteiger partial charge in [0.25, 0.3) is 0 Å². The van der Waals surface area contributed by atoms with Crippen molar-refractivity contribution in [3.05, 3.63) is 0 Å². The van der Waals surface area contributed by atoms with Gasteiger partial charge in [0.2, 0.25) is 11.8 Å². The minimum absolute atomic E-state index is 0.00941. The average molecular weight is 269 g/mol. The molecule has 4 unspecified atom stereocenters. The summed E-state index contributed by atoms with van der Waals surface area (Å²) in [5.74, 6) is 0.207. The first-order chi connectivity index (χ1) is 8.73. The van der Waals surface area contributed by atoms with Gasteiger partial charge in [0.1, 0.15) is 0 Å². The first kappa shape index (κ1) is 16.0. The molecule has 110 valence electrons. The van der Waals surface area contributed by atoms with Gasteiger partial charge in [0.05, 0.1) is 6.54 Å². The van der Waals surface area contributed by atoms with E-state index in [9.17, 15) is 9.59 Å². The molecule has 2 amide bonds. The second-order valence-electron chi connectivity index (χ2n) is 6.22. The molecule has 19 heavy (non-hydrogen) atoms. The van der Waals surface area contributed by atoms with E-state index in [1.54, 1.807) is 4.90 Å². The zero-order chi connectivity index (χ0) is 14.7. The van der Waals surface area contributed by atoms with Gasteiger partial charge in [-0.05, 0) is 38.5 Å². The second-order valence-corrected chi connectivity index (χ2v) is 6.22. The molecule has 0 aromatic rings. The summed E-state index contributed by atoms with van der Waals surface area (Å²) in [7, 11) is 0. The van der Waals surface area contributed by atoms with Crippen molar-refractivity contribution < 1.29 is 9.59 Å². The zero-order valence-corrected chi connectivity index (χ0v) is 12.4. The van der Waals surface area contributed by atoms with Gasteiger partial charge in [-0.1, -0.05) is 13.8 Å². The van der Waals surface area contributed by atoms with E-state index in [0.717, 1.165) is 6.42 Å². The van der Waals surface area contributed by atoms with E-state index in [1.165, 1.54) is 0 Å². The molecule has 0 aromatic heterocycles. The second kappa shape index (κ2) is 6.37. The maximum Gasteiger partial charge on any atom is 0.237 e. The van der Waals surface area contributed by atoms with Crippen molar-refractivity contribution in [3.8, 4) is 0 Å². The summed E-state index contributed by atoms with van der Waals surface area (Å²) in [6.07, 6.45) is 1.66. The van der Waals surface area contributed by atoms with Crippen LogP contribution < -0.4 is 11.5 Å². The summed E-state index contributed by atoms with van der Waals surface area (Å²) in [5.41, 5.74) is 11.3. The maximum atomic E-state index is 12.6. The Balaban J connectivity index is 2.81. The Labute approximate surface area is 115 Å². The summed E-state index contributed by atoms with van der Waals surface area (Å²) < 4.78 is 0. The van der Waals surface area contributed by atoms with Crippen molar-refractivity contribution in [2.24, 2.45) is 29.2 Å². The molecule has 0 saturated heterocycles. The highest BCUT2D eigenvalue weighted by Crippen LogP contribution is 2.34. The lowest BCUT2D eigenvalue weighted by molar-refractivity contribution is -0.143. The minimum atomic E-state index is -0.469. The molecule has 0 aromatic carbocycles. The molecule has 1 aliphatic carbocycles. The van der Waals surface area contributed by atoms with Crippen molar-refractivity contribution in [1.29, 1.82) is 0 Å². The number of amides is 2. The largest absolute Gasteiger partial charge is 0.368 e. The molecule has 0 radical (unpaired) electrons. The summed E-state index contributed by atoms with van der Waals surface area (Å²) in [5, 5.41) is 0. The first-order valence-corrected chi connectivity index (χ1v) is 7.08. The van der Waals surface area contributed by atoms with Crippen LogP contribution in [0, 0.1) is 17.8 Å². The monoisotopic (exact) mass is 269 g/mol. The molecule has 0 aliphatic heterocycles. The Hall–Kier alpha value is -1.10. The fourth-order valence-electron chi connectivity index (χ4n) is 2.92. The molecule has 5 heteroatoms. The van der Waals surface area contributed by atoms with Crippen molar-refractivity contribution >= 4 is 11.8 Å². The van der Waals surface area contributed by atoms with Crippen LogP contribution >= 0.6 is 0 Å². The highest BCUT2D eigenvalue weighted by Gasteiger charge is 2.37. The van der Waals surface area contributed by atoms with Crippen LogP contribution in [0.3, 0.4) is 0 Å². The fraction of sp³-hybridized carbons (Fsp3) is 0.857. The number of hydrogen-bond acceptors (Lipinski definition) is 3. The summed E-state index contributed by atoms with van der Waals surface area (Å²) in [4.78, 5) is 25.3. The van der Waals surface area contributed by atoms with Crippen molar-refractivity contribution in [1.82, 2.24) is 4.90 Å². The molecule has 1 saturated carbocycles. The van der Waals surface area contributed by atoms with E-state index in [1.807, 2.05) is 13.8 Å². The minimum Gasteiger partial charge on any atom is -0.368 e. The topological polar surface area (TPSA) is 89.4 Å². The quantitative estimate of drug-likeness (QED) is 0.788. The van der Waals surface area contributed by atoms with Crippen molar-refractivity contribution in [2.75, 3.05) is 6.54 Å². The van der Waals surface area contributed by atoms with Crippen molar-refractivity contribution in [3.63, 3.8) is 0 Å². The fourth-order valence-corrected chi connectivity index (χ4v) is 2.92. The van der Waals surface area contributed by atoms with Gasteiger partial charge in [-0.2, -0.15) is 0 Å². The van der Waals surface area contributed by atoms with Crippen LogP contribution in [0.15, 0.2) is 0 Å². The van der Waals surface area contributed by atoms with E-state index in [2.05, 4.69) is 13.8 Å². The molecule has 0 bridgehead atoms. The first-order valence-electron chi connectivity index (χ1n) is 7.08. The number of carbonyl (C=O) groups is 2. The zero-order valence-electron chi connectivity index (χ0n) is 12.4. The third-order valence-electron chi connectivity index (χ3n) is 4.24. The lowest BCUT2D eigenvalue weighted by atomic mass is 9.72. The molecule has 4 N–H and O–H groups in total. The molecule has 4 atom stereocenters. The van der Waals surface area contributed by atoms with E-state index >= 15 is 0 Å². The standard InChI is InChI=1S/C14H27N3O2/c1-8(2)17(7-13(16)18)14(19)11-6-12(15)10(4)5-9(11)3/h8-12H,5-7,15H2,1-4H3,(H2,16,18). The Morgan fingerprint density at radius 2 is 1.79 bits per heavy atom. The SMILES string of the molecule is CC1CC(C)C(C(=O)N(CC(N)=O)C(C)C)CC1N. The van der Waals surface area contributed by atoms with Gasteiger partial charge in [-0.15, -0.1) is 0 Å². The number of hydrogen-bond donors (Lipinski definition) is 2. The van der Waals surface area contributed by atoms with E-state index in [0.29, 0.717) is 18.3 Å². The van der Waals surface area contributed by atoms with Crippen LogP contribution in [0.4, 0.5) is 0 Å². The van der Waals surface area contributed by atoms with Crippen molar-refractivity contribution in [2.45, 2.75) is 52.6 Å². The Kier molecular flexibility index (Phi) is 5.35. The van der Waals surface area contributed by atoms with E-state index in [4.69, 9.17) is 11.5 Å². The molecule has 1 fully saturated rings. The van der Waals surface area contributed by atoms with Gasteiger partial charge >= 0.3 is 0 Å². The highest BCUT2D eigenvalue weighted by atomic mass is 16.2. The third kappa shape index (κ3) is 3.93. The number of nitrogens with two attached hydrogens (primary N) is 2. The van der Waals surface area contributed by atoms with Crippen LogP contribution in [-0.2, 0) is 9.59 Å². The van der Waals surface area contributed by atoms with E-state index < -0.39 is 5.91 Å². The third-order valence-corrected chi connectivity index (χ3v) is 4.24. The molecule has 5 nitrogen and oxygen atoms in total. The number of carbonyl (C=O) groups excluding carboxylic acids is 2. The molecule has 1 rings (SSSR count). The summed E-state index contributed by atoms with van der Waals surface area (Å²) in [6.45, 7) is 8.01. The summed E-state index contributed by atoms with van der Waals surface area (Å²) in [6, 6.07) is 0.0375. The lowest BCUT2D eigenvalue weighted by Gasteiger charge is -2.39. The van der Waals surface area contributed by atoms with Gasteiger partial charge in [-0.3, -0.25) is 9.59 Å². The molecule has 1 aliphatic rings. The maximum absolute atomic E-state index is 12.6. The van der Waals surface area contributed by atoms with Gasteiger partial charge in [-0.25, -0.2) is 0 Å².